The summed E-state index contributed by atoms with van der Waals surface area (Å²) in [5.41, 5.74) is 4.58. The lowest BCUT2D eigenvalue weighted by Gasteiger charge is -2.46. The van der Waals surface area contributed by atoms with Crippen molar-refractivity contribution in [2.45, 2.75) is 84.2 Å². The number of hydrogen-bond acceptors (Lipinski definition) is 6. The lowest BCUT2D eigenvalue weighted by atomic mass is 9.63. The molecule has 0 aromatic heterocycles. The minimum absolute atomic E-state index is 0.0576. The van der Waals surface area contributed by atoms with Crippen molar-refractivity contribution in [1.82, 2.24) is 0 Å². The van der Waals surface area contributed by atoms with E-state index in [1.54, 1.807) is 14.2 Å². The van der Waals surface area contributed by atoms with Crippen LogP contribution in [0, 0.1) is 35.0 Å². The van der Waals surface area contributed by atoms with Crippen LogP contribution in [0.2, 0.25) is 0 Å². The molecule has 2 aromatic carbocycles. The fourth-order valence-electron chi connectivity index (χ4n) is 8.68. The number of benzene rings is 2. The van der Waals surface area contributed by atoms with E-state index in [1.165, 1.54) is 11.1 Å². The highest BCUT2D eigenvalue weighted by Crippen LogP contribution is 2.81. The van der Waals surface area contributed by atoms with Crippen LogP contribution in [-0.4, -0.2) is 49.4 Å². The molecule has 4 fully saturated rings. The molecule has 0 radical (unpaired) electrons. The van der Waals surface area contributed by atoms with Gasteiger partial charge in [0.2, 0.25) is 0 Å². The van der Waals surface area contributed by atoms with Crippen molar-refractivity contribution in [3.8, 4) is 11.5 Å². The second kappa shape index (κ2) is 15.1. The number of fused-ring (bicyclic) bond motifs is 1. The van der Waals surface area contributed by atoms with Gasteiger partial charge >= 0.3 is 0 Å². The summed E-state index contributed by atoms with van der Waals surface area (Å²) in [5, 5.41) is 23.7. The van der Waals surface area contributed by atoms with Crippen LogP contribution in [0.15, 0.2) is 84.5 Å². The highest BCUT2D eigenvalue weighted by molar-refractivity contribution is 5.47. The van der Waals surface area contributed by atoms with Crippen LogP contribution in [0.4, 0.5) is 0 Å². The molecule has 0 aliphatic heterocycles. The molecule has 0 heterocycles. The minimum atomic E-state index is -0.966. The number of rotatable bonds is 19. The molecular formula is C41H56O6. The third-order valence-corrected chi connectivity index (χ3v) is 11.4. The Morgan fingerprint density at radius 2 is 1.57 bits per heavy atom. The molecule has 256 valence electrons. The van der Waals surface area contributed by atoms with Gasteiger partial charge in [0.15, 0.2) is 0 Å². The fraction of sp³-hybridized carbons (Fsp3) is 0.561. The monoisotopic (exact) mass is 644 g/mol. The average Bonchev–Trinajstić information content (AvgIpc) is 3.66. The number of ether oxygens (including phenoxy) is 4. The highest BCUT2D eigenvalue weighted by Gasteiger charge is 2.80. The van der Waals surface area contributed by atoms with Crippen molar-refractivity contribution in [1.29, 1.82) is 0 Å². The highest BCUT2D eigenvalue weighted by atomic mass is 16.5. The summed E-state index contributed by atoms with van der Waals surface area (Å²) in [6.07, 6.45) is 6.98. The standard InChI is InChI=1S/C41H56O6/c1-27(9-8-10-28(2)23-46-24-31-11-15-35(44-6)16-12-31)21-34(42)22-33(26-47-25-32-13-17-36(45-7)18-14-32)30(4)41(43)37-19-20-40(5)38(29(37)3)39(40)41/h10-18,27,33-34,37-39,42-43H,3-4,8-9,19-26H2,1-2,5-7H3/b28-10+/t27-,33-,34-,37+,38-,39+,40-,41+/m1/s1. The summed E-state index contributed by atoms with van der Waals surface area (Å²) in [4.78, 5) is 0. The lowest BCUT2D eigenvalue weighted by molar-refractivity contribution is -0.0375. The van der Waals surface area contributed by atoms with Crippen LogP contribution >= 0.6 is 0 Å². The number of aliphatic hydroxyl groups excluding tert-OH is 1. The molecule has 6 nitrogen and oxygen atoms in total. The SMILES string of the molecule is C=C1[C@@H]2[C@H]3[C@]2(C)CC[C@@H]1[C@@]3(O)C(=C)[C@@H](COCc1ccc(OC)cc1)C[C@H](O)C[C@H](C)CC/C=C(\C)COCc1ccc(OC)cc1. The van der Waals surface area contributed by atoms with Crippen LogP contribution < -0.4 is 9.47 Å². The molecule has 0 saturated heterocycles. The second-order valence-electron chi connectivity index (χ2n) is 14.7. The number of allylic oxidation sites excluding steroid dienone is 1. The Bertz CT molecular complexity index is 1400. The van der Waals surface area contributed by atoms with E-state index in [9.17, 15) is 10.2 Å². The first-order chi connectivity index (χ1) is 22.5. The molecule has 6 rings (SSSR count). The van der Waals surface area contributed by atoms with E-state index in [-0.39, 0.29) is 23.2 Å². The van der Waals surface area contributed by atoms with E-state index in [0.29, 0.717) is 51.1 Å². The first-order valence-electron chi connectivity index (χ1n) is 17.4. The van der Waals surface area contributed by atoms with Gasteiger partial charge in [-0.1, -0.05) is 68.5 Å². The van der Waals surface area contributed by atoms with Crippen LogP contribution in [-0.2, 0) is 22.7 Å². The van der Waals surface area contributed by atoms with E-state index < -0.39 is 11.7 Å². The van der Waals surface area contributed by atoms with E-state index in [0.717, 1.165) is 53.9 Å². The summed E-state index contributed by atoms with van der Waals surface area (Å²) in [6, 6.07) is 15.8. The molecule has 2 N–H and O–H groups in total. The normalized spacial score (nSPS) is 28.1. The Kier molecular flexibility index (Phi) is 11.4. The second-order valence-corrected chi connectivity index (χ2v) is 14.7. The van der Waals surface area contributed by atoms with Crippen LogP contribution in [0.25, 0.3) is 0 Å². The van der Waals surface area contributed by atoms with Gasteiger partial charge in [0.25, 0.3) is 0 Å². The van der Waals surface area contributed by atoms with Crippen molar-refractivity contribution < 1.29 is 29.2 Å². The Morgan fingerprint density at radius 3 is 2.13 bits per heavy atom. The smallest absolute Gasteiger partial charge is 0.118 e. The summed E-state index contributed by atoms with van der Waals surface area (Å²) >= 11 is 0. The Hall–Kier alpha value is -2.90. The summed E-state index contributed by atoms with van der Waals surface area (Å²) < 4.78 is 22.7. The third kappa shape index (κ3) is 7.72. The van der Waals surface area contributed by atoms with Gasteiger partial charge in [0.1, 0.15) is 11.5 Å². The van der Waals surface area contributed by atoms with Gasteiger partial charge in [-0.2, -0.15) is 0 Å². The topological polar surface area (TPSA) is 77.4 Å². The zero-order valence-electron chi connectivity index (χ0n) is 29.2. The molecule has 47 heavy (non-hydrogen) atoms. The molecule has 2 aromatic rings. The maximum absolute atomic E-state index is 12.3. The Balaban J connectivity index is 1.13. The van der Waals surface area contributed by atoms with Crippen molar-refractivity contribution in [2.24, 2.45) is 35.0 Å². The summed E-state index contributed by atoms with van der Waals surface area (Å²) in [6.45, 7) is 17.6. The number of aliphatic hydroxyl groups is 2. The predicted octanol–water partition coefficient (Wildman–Crippen LogP) is 8.08. The van der Waals surface area contributed by atoms with Crippen molar-refractivity contribution >= 4 is 0 Å². The largest absolute Gasteiger partial charge is 0.497 e. The molecule has 0 unspecified atom stereocenters. The predicted molar refractivity (Wildman–Crippen MR) is 187 cm³/mol. The quantitative estimate of drug-likeness (QED) is 0.151. The van der Waals surface area contributed by atoms with Gasteiger partial charge in [-0.25, -0.2) is 0 Å². The maximum Gasteiger partial charge on any atom is 0.118 e. The molecule has 6 heteroatoms. The molecule has 8 atom stereocenters. The summed E-state index contributed by atoms with van der Waals surface area (Å²) in [7, 11) is 3.33. The van der Waals surface area contributed by atoms with Crippen LogP contribution in [0.3, 0.4) is 0 Å². The van der Waals surface area contributed by atoms with E-state index in [4.69, 9.17) is 18.9 Å². The fourth-order valence-corrected chi connectivity index (χ4v) is 8.68. The molecule has 0 amide bonds. The first-order valence-corrected chi connectivity index (χ1v) is 17.4. The first kappa shape index (κ1) is 35.4. The maximum atomic E-state index is 12.3. The average molecular weight is 645 g/mol. The summed E-state index contributed by atoms with van der Waals surface area (Å²) in [5.74, 6) is 2.48. The van der Waals surface area contributed by atoms with Gasteiger partial charge in [-0.05, 0) is 104 Å². The molecule has 4 aliphatic rings. The number of methoxy groups -OCH3 is 2. The molecule has 0 spiro atoms. The minimum Gasteiger partial charge on any atom is -0.497 e. The molecule has 4 bridgehead atoms. The number of hydrogen-bond donors (Lipinski definition) is 2. The Labute approximate surface area is 282 Å². The molecular weight excluding hydrogens is 588 g/mol. The van der Waals surface area contributed by atoms with Crippen molar-refractivity contribution in [3.63, 3.8) is 0 Å². The van der Waals surface area contributed by atoms with Crippen LogP contribution in [0.5, 0.6) is 11.5 Å². The zero-order valence-corrected chi connectivity index (χ0v) is 29.2. The van der Waals surface area contributed by atoms with Gasteiger partial charge in [0, 0.05) is 17.8 Å². The lowest BCUT2D eigenvalue weighted by Crippen LogP contribution is -2.48. The molecule has 4 saturated carbocycles. The van der Waals surface area contributed by atoms with E-state index in [2.05, 4.69) is 40.0 Å². The Morgan fingerprint density at radius 1 is 0.979 bits per heavy atom. The van der Waals surface area contributed by atoms with E-state index in [1.807, 2.05) is 48.5 Å². The molecule has 4 aliphatic carbocycles. The van der Waals surface area contributed by atoms with E-state index >= 15 is 0 Å². The zero-order chi connectivity index (χ0) is 33.8. The van der Waals surface area contributed by atoms with Gasteiger partial charge in [-0.3, -0.25) is 0 Å². The third-order valence-electron chi connectivity index (χ3n) is 11.4. The van der Waals surface area contributed by atoms with Crippen LogP contribution in [0.1, 0.15) is 70.4 Å². The van der Waals surface area contributed by atoms with Crippen molar-refractivity contribution in [3.05, 3.63) is 95.6 Å². The van der Waals surface area contributed by atoms with Gasteiger partial charge < -0.3 is 29.2 Å². The van der Waals surface area contributed by atoms with Gasteiger partial charge in [-0.15, -0.1) is 0 Å². The van der Waals surface area contributed by atoms with Crippen molar-refractivity contribution in [2.75, 3.05) is 27.4 Å². The van der Waals surface area contributed by atoms with Gasteiger partial charge in [0.05, 0.1) is 52.4 Å².